The highest BCUT2D eigenvalue weighted by Gasteiger charge is 2.16. The van der Waals surface area contributed by atoms with E-state index in [0.29, 0.717) is 28.0 Å². The van der Waals surface area contributed by atoms with Crippen molar-refractivity contribution in [1.29, 1.82) is 0 Å². The molecule has 3 rings (SSSR count). The maximum absolute atomic E-state index is 12.2. The number of para-hydroxylation sites is 1. The smallest absolute Gasteiger partial charge is 0.390 e. The van der Waals surface area contributed by atoms with Crippen LogP contribution in [0.1, 0.15) is 16.2 Å². The number of hydrogen-bond donors (Lipinski definition) is 1. The number of rotatable bonds is 8. The van der Waals surface area contributed by atoms with E-state index in [1.807, 2.05) is 0 Å². The van der Waals surface area contributed by atoms with Gasteiger partial charge in [-0.2, -0.15) is 9.78 Å². The van der Waals surface area contributed by atoms with E-state index in [9.17, 15) is 14.9 Å². The number of aromatic nitrogens is 4. The Morgan fingerprint density at radius 1 is 1.28 bits per heavy atom. The summed E-state index contributed by atoms with van der Waals surface area (Å²) in [6.45, 7) is 2.25. The Balaban J connectivity index is 1.52. The molecule has 12 heteroatoms. The summed E-state index contributed by atoms with van der Waals surface area (Å²) in [5.41, 5.74) is 0.827. The molecular weight excluding hydrogens is 423 g/mol. The predicted octanol–water partition coefficient (Wildman–Crippen LogP) is 3.07. The largest absolute Gasteiger partial charge is 0.468 e. The lowest BCUT2D eigenvalue weighted by atomic mass is 10.3. The van der Waals surface area contributed by atoms with Gasteiger partial charge in [0.15, 0.2) is 12.5 Å². The number of ether oxygens (including phenoxy) is 1. The van der Waals surface area contributed by atoms with E-state index in [1.54, 1.807) is 31.3 Å². The quantitative estimate of drug-likeness (QED) is 0.426. The third kappa shape index (κ3) is 5.04. The number of hydrogen-bond acceptors (Lipinski definition) is 6. The Morgan fingerprint density at radius 3 is 2.66 bits per heavy atom. The number of aryl methyl sites for hydroxylation is 1. The zero-order chi connectivity index (χ0) is 21.0. The lowest BCUT2D eigenvalue weighted by Gasteiger charge is -2.09. The van der Waals surface area contributed by atoms with Gasteiger partial charge in [0.2, 0.25) is 0 Å². The number of nitrogens with zero attached hydrogens (tertiary/aromatic N) is 5. The molecular formula is C17H16Cl2N6O4. The Labute approximate surface area is 175 Å². The van der Waals surface area contributed by atoms with Gasteiger partial charge in [-0.05, 0) is 30.0 Å². The van der Waals surface area contributed by atoms with Crippen LogP contribution in [0, 0.1) is 17.0 Å². The summed E-state index contributed by atoms with van der Waals surface area (Å²) in [4.78, 5) is 22.4. The number of carbonyl (C=O) groups is 1. The summed E-state index contributed by atoms with van der Waals surface area (Å²) in [6, 6.07) is 7.92. The molecule has 3 aromatic rings. The number of carbonyl (C=O) groups excluding carboxylic acids is 1. The molecule has 0 atom stereocenters. The van der Waals surface area contributed by atoms with Crippen molar-refractivity contribution in [3.8, 4) is 5.75 Å². The van der Waals surface area contributed by atoms with E-state index in [2.05, 4.69) is 15.5 Å². The molecule has 1 N–H and O–H groups in total. The molecule has 0 saturated heterocycles. The molecule has 1 aromatic carbocycles. The van der Waals surface area contributed by atoms with Crippen molar-refractivity contribution in [3.05, 3.63) is 68.1 Å². The van der Waals surface area contributed by atoms with E-state index >= 15 is 0 Å². The maximum atomic E-state index is 12.2. The Bertz CT molecular complexity index is 1030. The Kier molecular flexibility index (Phi) is 6.35. The standard InChI is InChI=1S/C17H16Cl2N6O4/c1-11-9-15(25(27)28)22-24(11)8-6-20-17(26)14-5-7-23(21-14)10-29-16-12(18)3-2-4-13(16)19/h2-5,7,9H,6,8,10H2,1H3,(H,20,26). The number of nitrogens with one attached hydrogen (secondary N) is 1. The molecule has 29 heavy (non-hydrogen) atoms. The molecule has 152 valence electrons. The van der Waals surface area contributed by atoms with Gasteiger partial charge in [0.05, 0.1) is 33.4 Å². The second kappa shape index (κ2) is 8.93. The summed E-state index contributed by atoms with van der Waals surface area (Å²) in [5.74, 6) is -0.286. The Morgan fingerprint density at radius 2 is 2.00 bits per heavy atom. The van der Waals surface area contributed by atoms with Crippen molar-refractivity contribution in [2.45, 2.75) is 20.2 Å². The average molecular weight is 439 g/mol. The van der Waals surface area contributed by atoms with E-state index < -0.39 is 4.92 Å². The molecule has 0 bridgehead atoms. The van der Waals surface area contributed by atoms with Gasteiger partial charge >= 0.3 is 5.82 Å². The average Bonchev–Trinajstić information content (AvgIpc) is 3.28. The molecule has 0 fully saturated rings. The summed E-state index contributed by atoms with van der Waals surface area (Å²) >= 11 is 12.1. The van der Waals surface area contributed by atoms with Crippen LogP contribution in [0.5, 0.6) is 5.75 Å². The number of halogens is 2. The summed E-state index contributed by atoms with van der Waals surface area (Å²) in [7, 11) is 0. The van der Waals surface area contributed by atoms with Crippen molar-refractivity contribution in [3.63, 3.8) is 0 Å². The molecule has 0 unspecified atom stereocenters. The van der Waals surface area contributed by atoms with Crippen molar-refractivity contribution in [1.82, 2.24) is 24.9 Å². The highest BCUT2D eigenvalue weighted by atomic mass is 35.5. The SMILES string of the molecule is Cc1cc([N+](=O)[O-])nn1CCNC(=O)c1ccn(COc2c(Cl)cccc2Cl)n1. The van der Waals surface area contributed by atoms with Gasteiger partial charge < -0.3 is 20.2 Å². The first-order valence-corrected chi connectivity index (χ1v) is 9.18. The fraction of sp³-hybridized carbons (Fsp3) is 0.235. The van der Waals surface area contributed by atoms with E-state index in [1.165, 1.54) is 21.5 Å². The van der Waals surface area contributed by atoms with Crippen molar-refractivity contribution < 1.29 is 14.5 Å². The molecule has 0 aliphatic rings. The second-order valence-electron chi connectivity index (χ2n) is 5.94. The van der Waals surface area contributed by atoms with Crippen molar-refractivity contribution in [2.75, 3.05) is 6.54 Å². The zero-order valence-corrected chi connectivity index (χ0v) is 16.7. The van der Waals surface area contributed by atoms with Crippen LogP contribution in [0.3, 0.4) is 0 Å². The molecule has 10 nitrogen and oxygen atoms in total. The van der Waals surface area contributed by atoms with Gasteiger partial charge in [-0.1, -0.05) is 29.3 Å². The molecule has 0 spiro atoms. The Hall–Kier alpha value is -3.11. The monoisotopic (exact) mass is 438 g/mol. The van der Waals surface area contributed by atoms with Crippen LogP contribution in [-0.4, -0.2) is 36.9 Å². The number of benzene rings is 1. The van der Waals surface area contributed by atoms with Crippen molar-refractivity contribution in [2.24, 2.45) is 0 Å². The topological polar surface area (TPSA) is 117 Å². The maximum Gasteiger partial charge on any atom is 0.390 e. The van der Waals surface area contributed by atoms with Gasteiger partial charge in [-0.15, -0.1) is 0 Å². The molecule has 0 aliphatic heterocycles. The molecule has 2 aromatic heterocycles. The predicted molar refractivity (Wildman–Crippen MR) is 105 cm³/mol. The first kappa shape index (κ1) is 20.6. The van der Waals surface area contributed by atoms with Crippen LogP contribution >= 0.6 is 23.2 Å². The minimum Gasteiger partial charge on any atom is -0.468 e. The van der Waals surface area contributed by atoms with Gasteiger partial charge in [0.25, 0.3) is 5.91 Å². The number of amides is 1. The third-order valence-electron chi connectivity index (χ3n) is 3.90. The third-order valence-corrected chi connectivity index (χ3v) is 4.49. The van der Waals surface area contributed by atoms with Crippen LogP contribution in [0.2, 0.25) is 10.0 Å². The summed E-state index contributed by atoms with van der Waals surface area (Å²) in [6.07, 6.45) is 1.58. The van der Waals surface area contributed by atoms with Gasteiger partial charge in [0.1, 0.15) is 5.69 Å². The molecule has 2 heterocycles. The van der Waals surface area contributed by atoms with Crippen LogP contribution in [0.15, 0.2) is 36.5 Å². The fourth-order valence-electron chi connectivity index (χ4n) is 2.48. The molecule has 1 amide bonds. The van der Waals surface area contributed by atoms with E-state index in [-0.39, 0.29) is 30.7 Å². The van der Waals surface area contributed by atoms with Gasteiger partial charge in [-0.25, -0.2) is 4.68 Å². The van der Waals surface area contributed by atoms with Crippen LogP contribution in [0.25, 0.3) is 0 Å². The van der Waals surface area contributed by atoms with E-state index in [4.69, 9.17) is 27.9 Å². The normalized spacial score (nSPS) is 10.7. The zero-order valence-electron chi connectivity index (χ0n) is 15.2. The minimum atomic E-state index is -0.563. The first-order valence-electron chi connectivity index (χ1n) is 8.42. The molecule has 0 saturated carbocycles. The fourth-order valence-corrected chi connectivity index (χ4v) is 2.99. The van der Waals surface area contributed by atoms with Crippen LogP contribution < -0.4 is 10.1 Å². The number of nitro groups is 1. The summed E-state index contributed by atoms with van der Waals surface area (Å²) in [5, 5.41) is 22.2. The lowest BCUT2D eigenvalue weighted by Crippen LogP contribution is -2.28. The van der Waals surface area contributed by atoms with Crippen LogP contribution in [-0.2, 0) is 13.3 Å². The van der Waals surface area contributed by atoms with E-state index in [0.717, 1.165) is 0 Å². The molecule has 0 aliphatic carbocycles. The molecule has 0 radical (unpaired) electrons. The van der Waals surface area contributed by atoms with Gasteiger partial charge in [0, 0.05) is 12.7 Å². The van der Waals surface area contributed by atoms with Gasteiger partial charge in [-0.3, -0.25) is 4.79 Å². The highest BCUT2D eigenvalue weighted by molar-refractivity contribution is 6.37. The lowest BCUT2D eigenvalue weighted by molar-refractivity contribution is -0.389. The van der Waals surface area contributed by atoms with Crippen LogP contribution in [0.4, 0.5) is 5.82 Å². The second-order valence-corrected chi connectivity index (χ2v) is 6.76. The summed E-state index contributed by atoms with van der Waals surface area (Å²) < 4.78 is 8.44. The minimum absolute atomic E-state index is 0.0207. The highest BCUT2D eigenvalue weighted by Crippen LogP contribution is 2.32. The first-order chi connectivity index (χ1) is 13.8. The van der Waals surface area contributed by atoms with Crippen molar-refractivity contribution >= 4 is 34.9 Å².